The minimum atomic E-state index is -0.0686. The lowest BCUT2D eigenvalue weighted by molar-refractivity contribution is -0.128. The van der Waals surface area contributed by atoms with E-state index in [0.29, 0.717) is 18.4 Å². The number of piperidine rings is 3. The van der Waals surface area contributed by atoms with Crippen molar-refractivity contribution in [3.63, 3.8) is 0 Å². The first-order valence-electron chi connectivity index (χ1n) is 13.1. The number of ketones is 1. The predicted octanol–water partition coefficient (Wildman–Crippen LogP) is 4.74. The second-order valence-electron chi connectivity index (χ2n) is 11.9. The fourth-order valence-corrected chi connectivity index (χ4v) is 5.93. The summed E-state index contributed by atoms with van der Waals surface area (Å²) in [7, 11) is 0. The summed E-state index contributed by atoms with van der Waals surface area (Å²) in [5.41, 5.74) is 2.64. The van der Waals surface area contributed by atoms with Crippen LogP contribution in [-0.2, 0) is 16.1 Å². The Morgan fingerprint density at radius 3 is 1.94 bits per heavy atom. The van der Waals surface area contributed by atoms with Crippen molar-refractivity contribution in [2.24, 2.45) is 17.3 Å². The third-order valence-electron chi connectivity index (χ3n) is 7.70. The molecule has 0 atom stereocenters. The molecule has 0 bridgehead atoms. The van der Waals surface area contributed by atoms with Crippen molar-refractivity contribution in [1.82, 2.24) is 9.80 Å². The molecular weight excluding hydrogens is 410 g/mol. The molecule has 0 saturated carbocycles. The lowest BCUT2D eigenvalue weighted by Crippen LogP contribution is -2.40. The first-order chi connectivity index (χ1) is 15.7. The highest BCUT2D eigenvalue weighted by molar-refractivity contribution is 6.08. The van der Waals surface area contributed by atoms with Gasteiger partial charge in [0.25, 0.3) is 0 Å². The number of benzene rings is 1. The summed E-state index contributed by atoms with van der Waals surface area (Å²) in [6.45, 7) is 14.7. The van der Waals surface area contributed by atoms with E-state index in [-0.39, 0.29) is 18.1 Å². The molecule has 0 aliphatic carbocycles. The van der Waals surface area contributed by atoms with Crippen LogP contribution >= 0.6 is 0 Å². The maximum absolute atomic E-state index is 12.1. The number of carbonyl (C=O) groups excluding carboxylic acids is 2. The first kappa shape index (κ1) is 24.4. The topological polar surface area (TPSA) is 43.9 Å². The van der Waals surface area contributed by atoms with Crippen molar-refractivity contribution in [3.8, 4) is 0 Å². The van der Waals surface area contributed by atoms with Crippen LogP contribution in [0.5, 0.6) is 0 Å². The van der Waals surface area contributed by atoms with Gasteiger partial charge in [-0.2, -0.15) is 0 Å². The summed E-state index contributed by atoms with van der Waals surface area (Å²) in [4.78, 5) is 30.6. The largest absolute Gasteiger partial charge is 0.312 e. The second kappa shape index (κ2) is 10.7. The number of hydrogen-bond donors (Lipinski definition) is 0. The van der Waals surface area contributed by atoms with Gasteiger partial charge in [0, 0.05) is 31.7 Å². The molecule has 3 aliphatic heterocycles. The van der Waals surface area contributed by atoms with Crippen LogP contribution < -0.4 is 4.90 Å². The molecule has 3 aliphatic rings. The standard InChI is InChI=1S/C28H43N3O2/c1-28(2,3)21-30-15-10-23(11-16-30)18-22-8-13-29(14-9-22)20-24-4-6-25(7-5-24)31-17-12-26(32)19-27(31)33/h4-7,22-23H,8-21H2,1-3H3. The average Bonchev–Trinajstić information content (AvgIpc) is 2.76. The molecule has 3 fully saturated rings. The molecule has 0 N–H and O–H groups in total. The Labute approximate surface area is 200 Å². The Kier molecular flexibility index (Phi) is 7.91. The number of amides is 1. The number of rotatable bonds is 6. The van der Waals surface area contributed by atoms with Crippen molar-refractivity contribution in [3.05, 3.63) is 29.8 Å². The molecule has 3 heterocycles. The summed E-state index contributed by atoms with van der Waals surface area (Å²) < 4.78 is 0. The summed E-state index contributed by atoms with van der Waals surface area (Å²) in [6, 6.07) is 8.39. The fourth-order valence-electron chi connectivity index (χ4n) is 5.93. The molecule has 0 spiro atoms. The molecule has 3 saturated heterocycles. The van der Waals surface area contributed by atoms with Gasteiger partial charge in [-0.05, 0) is 93.2 Å². The molecule has 182 valence electrons. The van der Waals surface area contributed by atoms with Crippen LogP contribution in [-0.4, -0.2) is 60.8 Å². The van der Waals surface area contributed by atoms with Crippen LogP contribution in [0.3, 0.4) is 0 Å². The molecule has 1 aromatic rings. The molecule has 5 heteroatoms. The van der Waals surface area contributed by atoms with Gasteiger partial charge in [0.15, 0.2) is 0 Å². The first-order valence-corrected chi connectivity index (χ1v) is 13.1. The van der Waals surface area contributed by atoms with Crippen LogP contribution in [0.15, 0.2) is 24.3 Å². The quantitative estimate of drug-likeness (QED) is 0.584. The minimum absolute atomic E-state index is 0.0483. The number of nitrogens with zero attached hydrogens (tertiary/aromatic N) is 3. The third kappa shape index (κ3) is 7.13. The number of hydrogen-bond acceptors (Lipinski definition) is 4. The maximum atomic E-state index is 12.1. The second-order valence-corrected chi connectivity index (χ2v) is 11.9. The van der Waals surface area contributed by atoms with Gasteiger partial charge in [-0.3, -0.25) is 14.5 Å². The molecule has 1 amide bonds. The van der Waals surface area contributed by atoms with E-state index in [1.54, 1.807) is 4.90 Å². The molecule has 0 aromatic heterocycles. The van der Waals surface area contributed by atoms with Crippen LogP contribution in [0, 0.1) is 17.3 Å². The van der Waals surface area contributed by atoms with E-state index >= 15 is 0 Å². The highest BCUT2D eigenvalue weighted by atomic mass is 16.2. The highest BCUT2D eigenvalue weighted by Crippen LogP contribution is 2.31. The van der Waals surface area contributed by atoms with E-state index in [0.717, 1.165) is 24.1 Å². The molecular formula is C28H43N3O2. The van der Waals surface area contributed by atoms with Crippen LogP contribution in [0.4, 0.5) is 5.69 Å². The van der Waals surface area contributed by atoms with Crippen molar-refractivity contribution in [1.29, 1.82) is 0 Å². The van der Waals surface area contributed by atoms with E-state index < -0.39 is 0 Å². The van der Waals surface area contributed by atoms with Crippen molar-refractivity contribution < 1.29 is 9.59 Å². The fraction of sp³-hybridized carbons (Fsp3) is 0.714. The highest BCUT2D eigenvalue weighted by Gasteiger charge is 2.27. The lowest BCUT2D eigenvalue weighted by Gasteiger charge is -2.38. The number of Topliss-reactive ketones (excluding diaryl/α,β-unsaturated/α-hetero) is 1. The maximum Gasteiger partial charge on any atom is 0.234 e. The molecule has 1 aromatic carbocycles. The number of likely N-dealkylation sites (tertiary alicyclic amines) is 2. The number of anilines is 1. The third-order valence-corrected chi connectivity index (χ3v) is 7.70. The zero-order valence-corrected chi connectivity index (χ0v) is 21.0. The zero-order valence-electron chi connectivity index (χ0n) is 21.0. The SMILES string of the molecule is CC(C)(C)CN1CCC(CC2CCN(Cc3ccc(N4CCC(=O)CC4=O)cc3)CC2)CC1. The minimum Gasteiger partial charge on any atom is -0.312 e. The number of carbonyl (C=O) groups is 2. The van der Waals surface area contributed by atoms with E-state index in [1.807, 2.05) is 12.1 Å². The summed E-state index contributed by atoms with van der Waals surface area (Å²) in [5.74, 6) is 1.82. The van der Waals surface area contributed by atoms with E-state index in [1.165, 1.54) is 70.4 Å². The van der Waals surface area contributed by atoms with Crippen LogP contribution in [0.2, 0.25) is 0 Å². The van der Waals surface area contributed by atoms with E-state index in [2.05, 4.69) is 42.7 Å². The Bertz CT molecular complexity index is 797. The van der Waals surface area contributed by atoms with Gasteiger partial charge in [-0.1, -0.05) is 32.9 Å². The molecule has 5 nitrogen and oxygen atoms in total. The van der Waals surface area contributed by atoms with Gasteiger partial charge in [0.1, 0.15) is 5.78 Å². The van der Waals surface area contributed by atoms with E-state index in [4.69, 9.17) is 0 Å². The Hall–Kier alpha value is -1.72. The van der Waals surface area contributed by atoms with Crippen molar-refractivity contribution in [2.45, 2.75) is 72.3 Å². The molecule has 0 radical (unpaired) electrons. The summed E-state index contributed by atoms with van der Waals surface area (Å²) in [5, 5.41) is 0. The van der Waals surface area contributed by atoms with Gasteiger partial charge in [0.05, 0.1) is 6.42 Å². The van der Waals surface area contributed by atoms with Gasteiger partial charge >= 0.3 is 0 Å². The Morgan fingerprint density at radius 1 is 0.818 bits per heavy atom. The van der Waals surface area contributed by atoms with Crippen molar-refractivity contribution >= 4 is 17.4 Å². The molecule has 4 rings (SSSR count). The Morgan fingerprint density at radius 2 is 1.39 bits per heavy atom. The van der Waals surface area contributed by atoms with Crippen LogP contribution in [0.25, 0.3) is 0 Å². The molecule has 0 unspecified atom stereocenters. The van der Waals surface area contributed by atoms with Gasteiger partial charge < -0.3 is 9.80 Å². The van der Waals surface area contributed by atoms with Gasteiger partial charge in [-0.15, -0.1) is 0 Å². The molecule has 33 heavy (non-hydrogen) atoms. The lowest BCUT2D eigenvalue weighted by atomic mass is 9.82. The predicted molar refractivity (Wildman–Crippen MR) is 134 cm³/mol. The summed E-state index contributed by atoms with van der Waals surface area (Å²) in [6.07, 6.45) is 7.38. The van der Waals surface area contributed by atoms with E-state index in [9.17, 15) is 9.59 Å². The van der Waals surface area contributed by atoms with Crippen molar-refractivity contribution in [2.75, 3.05) is 44.2 Å². The average molecular weight is 454 g/mol. The zero-order chi connectivity index (χ0) is 23.4. The van der Waals surface area contributed by atoms with Crippen LogP contribution in [0.1, 0.15) is 71.3 Å². The normalized spacial score (nSPS) is 22.8. The summed E-state index contributed by atoms with van der Waals surface area (Å²) >= 11 is 0. The van der Waals surface area contributed by atoms with Gasteiger partial charge in [0.2, 0.25) is 5.91 Å². The monoisotopic (exact) mass is 453 g/mol. The smallest absolute Gasteiger partial charge is 0.234 e. The Balaban J connectivity index is 1.17. The van der Waals surface area contributed by atoms with Gasteiger partial charge in [-0.25, -0.2) is 0 Å².